The normalized spacial score (nSPS) is 13.8. The highest BCUT2D eigenvalue weighted by Gasteiger charge is 2.19. The minimum absolute atomic E-state index is 0.654. The van der Waals surface area contributed by atoms with E-state index in [1.807, 2.05) is 0 Å². The summed E-state index contributed by atoms with van der Waals surface area (Å²) in [6.07, 6.45) is 5.01. The van der Waals surface area contributed by atoms with Crippen molar-refractivity contribution in [2.45, 2.75) is 79.1 Å². The predicted octanol–water partition coefficient (Wildman–Crippen LogP) is 7.39. The second-order valence-electron chi connectivity index (χ2n) is 7.67. The molecule has 0 radical (unpaired) electrons. The van der Waals surface area contributed by atoms with Crippen LogP contribution in [0, 0.1) is 27.7 Å². The zero-order chi connectivity index (χ0) is 17.7. The van der Waals surface area contributed by atoms with E-state index in [2.05, 4.69) is 77.9 Å². The van der Waals surface area contributed by atoms with Crippen LogP contribution in [0.15, 0.2) is 36.4 Å². The molecule has 0 saturated carbocycles. The van der Waals surface area contributed by atoms with Gasteiger partial charge in [-0.2, -0.15) is 0 Å². The van der Waals surface area contributed by atoms with Crippen LogP contribution in [0.4, 0.5) is 0 Å². The third-order valence-corrected chi connectivity index (χ3v) is 5.13. The standard InChI is InChI=1S/C24H34/c1-7-9-22(24-14-19(5)11-20(6)15-24)16-21(8-2)23-12-17(3)10-18(4)13-23/h10-15,21-22H,7-9,16H2,1-6H3. The molecule has 0 aromatic heterocycles. The van der Waals surface area contributed by atoms with Crippen LogP contribution in [0.2, 0.25) is 0 Å². The van der Waals surface area contributed by atoms with Crippen LogP contribution < -0.4 is 0 Å². The maximum absolute atomic E-state index is 2.40. The Morgan fingerprint density at radius 3 is 1.42 bits per heavy atom. The number of benzene rings is 2. The van der Waals surface area contributed by atoms with E-state index in [-0.39, 0.29) is 0 Å². The average Bonchev–Trinajstić information content (AvgIpc) is 2.49. The highest BCUT2D eigenvalue weighted by Crippen LogP contribution is 2.36. The van der Waals surface area contributed by atoms with Crippen LogP contribution >= 0.6 is 0 Å². The van der Waals surface area contributed by atoms with E-state index in [0.29, 0.717) is 11.8 Å². The van der Waals surface area contributed by atoms with E-state index in [1.54, 1.807) is 0 Å². The minimum Gasteiger partial charge on any atom is -0.0654 e. The molecule has 2 atom stereocenters. The Labute approximate surface area is 149 Å². The van der Waals surface area contributed by atoms with Gasteiger partial charge in [-0.25, -0.2) is 0 Å². The molecule has 2 rings (SSSR count). The van der Waals surface area contributed by atoms with Gasteiger partial charge in [0.15, 0.2) is 0 Å². The maximum Gasteiger partial charge on any atom is -0.0156 e. The van der Waals surface area contributed by atoms with Crippen LogP contribution in [0.5, 0.6) is 0 Å². The highest BCUT2D eigenvalue weighted by atomic mass is 14.2. The summed E-state index contributed by atoms with van der Waals surface area (Å²) >= 11 is 0. The lowest BCUT2D eigenvalue weighted by Gasteiger charge is -2.25. The van der Waals surface area contributed by atoms with Gasteiger partial charge in [-0.1, -0.05) is 78.9 Å². The molecule has 2 aromatic carbocycles. The van der Waals surface area contributed by atoms with Gasteiger partial charge in [-0.3, -0.25) is 0 Å². The van der Waals surface area contributed by atoms with Crippen molar-refractivity contribution in [3.05, 3.63) is 69.8 Å². The lowest BCUT2D eigenvalue weighted by atomic mass is 9.80. The molecule has 0 amide bonds. The lowest BCUT2D eigenvalue weighted by Crippen LogP contribution is -2.08. The van der Waals surface area contributed by atoms with Crippen molar-refractivity contribution in [1.29, 1.82) is 0 Å². The van der Waals surface area contributed by atoms with Gasteiger partial charge in [-0.15, -0.1) is 0 Å². The van der Waals surface area contributed by atoms with Crippen LogP contribution in [0.1, 0.15) is 84.7 Å². The molecule has 24 heavy (non-hydrogen) atoms. The molecule has 0 saturated heterocycles. The first kappa shape index (κ1) is 18.8. The number of hydrogen-bond donors (Lipinski definition) is 0. The van der Waals surface area contributed by atoms with Crippen LogP contribution in [0.3, 0.4) is 0 Å². The van der Waals surface area contributed by atoms with Crippen molar-refractivity contribution in [2.24, 2.45) is 0 Å². The first-order chi connectivity index (χ1) is 11.4. The predicted molar refractivity (Wildman–Crippen MR) is 107 cm³/mol. The lowest BCUT2D eigenvalue weighted by molar-refractivity contribution is 0.490. The van der Waals surface area contributed by atoms with Crippen molar-refractivity contribution in [2.75, 3.05) is 0 Å². The molecule has 0 aliphatic rings. The van der Waals surface area contributed by atoms with Crippen molar-refractivity contribution in [3.8, 4) is 0 Å². The Morgan fingerprint density at radius 2 is 1.04 bits per heavy atom. The van der Waals surface area contributed by atoms with Gasteiger partial charge >= 0.3 is 0 Å². The van der Waals surface area contributed by atoms with Crippen molar-refractivity contribution in [1.82, 2.24) is 0 Å². The quantitative estimate of drug-likeness (QED) is 0.498. The first-order valence-corrected chi connectivity index (χ1v) is 9.59. The van der Waals surface area contributed by atoms with E-state index in [0.717, 1.165) is 0 Å². The summed E-state index contributed by atoms with van der Waals surface area (Å²) in [4.78, 5) is 0. The average molecular weight is 323 g/mol. The van der Waals surface area contributed by atoms with Gasteiger partial charge < -0.3 is 0 Å². The number of rotatable bonds is 7. The fraction of sp³-hybridized carbons (Fsp3) is 0.500. The SMILES string of the molecule is CCCC(CC(CC)c1cc(C)cc(C)c1)c1cc(C)cc(C)c1. The van der Waals surface area contributed by atoms with Crippen molar-refractivity contribution < 1.29 is 0 Å². The Morgan fingerprint density at radius 1 is 0.625 bits per heavy atom. The Balaban J connectivity index is 2.30. The molecule has 0 fully saturated rings. The van der Waals surface area contributed by atoms with Crippen molar-refractivity contribution in [3.63, 3.8) is 0 Å². The topological polar surface area (TPSA) is 0 Å². The Hall–Kier alpha value is -1.56. The van der Waals surface area contributed by atoms with Crippen LogP contribution in [0.25, 0.3) is 0 Å². The molecule has 0 bridgehead atoms. The molecule has 130 valence electrons. The molecule has 2 aromatic rings. The van der Waals surface area contributed by atoms with Gasteiger partial charge in [-0.05, 0) is 69.9 Å². The second kappa shape index (κ2) is 8.51. The second-order valence-corrected chi connectivity index (χ2v) is 7.67. The molecule has 0 N–H and O–H groups in total. The highest BCUT2D eigenvalue weighted by molar-refractivity contribution is 5.33. The van der Waals surface area contributed by atoms with E-state index in [4.69, 9.17) is 0 Å². The number of aryl methyl sites for hydroxylation is 4. The fourth-order valence-electron chi connectivity index (χ4n) is 4.14. The van der Waals surface area contributed by atoms with Gasteiger partial charge in [0, 0.05) is 0 Å². The van der Waals surface area contributed by atoms with E-state index in [9.17, 15) is 0 Å². The third-order valence-electron chi connectivity index (χ3n) is 5.13. The minimum atomic E-state index is 0.654. The zero-order valence-electron chi connectivity index (χ0n) is 16.4. The Bertz CT molecular complexity index is 625. The summed E-state index contributed by atoms with van der Waals surface area (Å²) in [6, 6.07) is 14.2. The summed E-state index contributed by atoms with van der Waals surface area (Å²) in [5, 5.41) is 0. The molecule has 0 nitrogen and oxygen atoms in total. The molecular weight excluding hydrogens is 288 g/mol. The maximum atomic E-state index is 2.40. The summed E-state index contributed by atoms with van der Waals surface area (Å²) < 4.78 is 0. The zero-order valence-corrected chi connectivity index (χ0v) is 16.4. The third kappa shape index (κ3) is 4.97. The van der Waals surface area contributed by atoms with E-state index >= 15 is 0 Å². The smallest absolute Gasteiger partial charge is 0.0156 e. The van der Waals surface area contributed by atoms with E-state index < -0.39 is 0 Å². The summed E-state index contributed by atoms with van der Waals surface area (Å²) in [7, 11) is 0. The van der Waals surface area contributed by atoms with E-state index in [1.165, 1.54) is 59.1 Å². The number of hydrogen-bond acceptors (Lipinski definition) is 0. The molecule has 0 aliphatic carbocycles. The summed E-state index contributed by atoms with van der Waals surface area (Å²) in [6.45, 7) is 13.5. The van der Waals surface area contributed by atoms with Gasteiger partial charge in [0.05, 0.1) is 0 Å². The fourth-order valence-corrected chi connectivity index (χ4v) is 4.14. The molecular formula is C24H34. The van der Waals surface area contributed by atoms with Crippen LogP contribution in [-0.2, 0) is 0 Å². The van der Waals surface area contributed by atoms with Gasteiger partial charge in [0.25, 0.3) is 0 Å². The molecule has 0 aliphatic heterocycles. The largest absolute Gasteiger partial charge is 0.0654 e. The monoisotopic (exact) mass is 322 g/mol. The first-order valence-electron chi connectivity index (χ1n) is 9.59. The Kier molecular flexibility index (Phi) is 6.66. The van der Waals surface area contributed by atoms with Gasteiger partial charge in [0.2, 0.25) is 0 Å². The summed E-state index contributed by atoms with van der Waals surface area (Å²) in [5.41, 5.74) is 8.64. The summed E-state index contributed by atoms with van der Waals surface area (Å²) in [5.74, 6) is 1.32. The molecule has 0 spiro atoms. The molecule has 0 heteroatoms. The molecule has 2 unspecified atom stereocenters. The molecule has 0 heterocycles. The van der Waals surface area contributed by atoms with Gasteiger partial charge in [0.1, 0.15) is 0 Å². The van der Waals surface area contributed by atoms with Crippen LogP contribution in [-0.4, -0.2) is 0 Å². The van der Waals surface area contributed by atoms with Crippen molar-refractivity contribution >= 4 is 0 Å².